The molecule has 4 rings (SSSR count). The summed E-state index contributed by atoms with van der Waals surface area (Å²) >= 11 is 2.15. The zero-order chi connectivity index (χ0) is 20.3. The number of halogens is 1. The topological polar surface area (TPSA) is 77.1 Å². The third-order valence-electron chi connectivity index (χ3n) is 4.91. The second-order valence-electron chi connectivity index (χ2n) is 7.06. The van der Waals surface area contributed by atoms with Crippen molar-refractivity contribution in [1.82, 2.24) is 9.62 Å². The molecule has 1 fully saturated rings. The molecule has 0 amide bonds. The Labute approximate surface area is 184 Å². The van der Waals surface area contributed by atoms with Crippen LogP contribution in [-0.2, 0) is 10.0 Å². The number of hydrogen-bond donors (Lipinski definition) is 1. The summed E-state index contributed by atoms with van der Waals surface area (Å²) < 4.78 is 45.5. The largest absolute Gasteiger partial charge is 0.488 e. The van der Waals surface area contributed by atoms with Crippen LogP contribution in [0, 0.1) is 9.49 Å². The first-order valence-electron chi connectivity index (χ1n) is 9.50. The van der Waals surface area contributed by atoms with E-state index in [9.17, 15) is 8.42 Å². The predicted octanol–water partition coefficient (Wildman–Crippen LogP) is 2.35. The van der Waals surface area contributed by atoms with Crippen molar-refractivity contribution in [1.29, 1.82) is 0 Å². The highest BCUT2D eigenvalue weighted by Crippen LogP contribution is 2.38. The summed E-state index contributed by atoms with van der Waals surface area (Å²) in [6.45, 7) is 4.56. The summed E-state index contributed by atoms with van der Waals surface area (Å²) in [5.41, 5.74) is 0. The first-order chi connectivity index (χ1) is 14.0. The van der Waals surface area contributed by atoms with Crippen LogP contribution >= 0.6 is 22.6 Å². The van der Waals surface area contributed by atoms with Crippen LogP contribution in [0.25, 0.3) is 0 Å². The van der Waals surface area contributed by atoms with E-state index >= 15 is 0 Å². The smallest absolute Gasteiger partial charge is 0.240 e. The second kappa shape index (κ2) is 9.07. The van der Waals surface area contributed by atoms with Gasteiger partial charge in [0, 0.05) is 29.7 Å². The molecule has 1 saturated heterocycles. The summed E-state index contributed by atoms with van der Waals surface area (Å²) in [5.74, 6) is 2.41. The van der Waals surface area contributed by atoms with Crippen molar-refractivity contribution in [2.45, 2.75) is 4.90 Å². The molecule has 0 unspecified atom stereocenters. The number of benzene rings is 2. The maximum atomic E-state index is 12.3. The Balaban J connectivity index is 1.18. The van der Waals surface area contributed by atoms with Crippen LogP contribution in [0.3, 0.4) is 0 Å². The molecule has 0 spiro atoms. The van der Waals surface area contributed by atoms with Crippen molar-refractivity contribution in [3.05, 3.63) is 46.0 Å². The number of nitrogens with one attached hydrogen (secondary N) is 1. The van der Waals surface area contributed by atoms with Gasteiger partial charge in [-0.15, -0.1) is 0 Å². The van der Waals surface area contributed by atoms with E-state index in [0.717, 1.165) is 29.0 Å². The molecule has 0 atom stereocenters. The molecule has 1 N–H and O–H groups in total. The number of ether oxygens (including phenoxy) is 3. The third-order valence-corrected chi connectivity index (χ3v) is 7.07. The number of nitrogens with zero attached hydrogens (tertiary/aromatic N) is 1. The quantitative estimate of drug-likeness (QED) is 0.529. The number of likely N-dealkylation sites (tertiary alicyclic amines) is 1. The van der Waals surface area contributed by atoms with Crippen LogP contribution in [0.2, 0.25) is 0 Å². The second-order valence-corrected chi connectivity index (χ2v) is 10.1. The first kappa shape index (κ1) is 20.7. The Morgan fingerprint density at radius 2 is 1.86 bits per heavy atom. The monoisotopic (exact) mass is 530 g/mol. The van der Waals surface area contributed by atoms with Crippen LogP contribution in [0.1, 0.15) is 0 Å². The fourth-order valence-corrected chi connectivity index (χ4v) is 4.83. The van der Waals surface area contributed by atoms with E-state index in [1.165, 1.54) is 0 Å². The Morgan fingerprint density at radius 3 is 2.66 bits per heavy atom. The summed E-state index contributed by atoms with van der Waals surface area (Å²) in [6.07, 6.45) is 0. The van der Waals surface area contributed by atoms with Gasteiger partial charge in [-0.05, 0) is 64.9 Å². The average molecular weight is 530 g/mol. The molecule has 0 bridgehead atoms. The van der Waals surface area contributed by atoms with Crippen molar-refractivity contribution in [2.75, 3.05) is 46.0 Å². The van der Waals surface area contributed by atoms with Crippen molar-refractivity contribution in [2.24, 2.45) is 5.92 Å². The maximum Gasteiger partial charge on any atom is 0.240 e. The van der Waals surface area contributed by atoms with Gasteiger partial charge in [0.05, 0.1) is 4.90 Å². The van der Waals surface area contributed by atoms with Crippen LogP contribution in [0.4, 0.5) is 0 Å². The lowest BCUT2D eigenvalue weighted by atomic mass is 10.0. The first-order valence-corrected chi connectivity index (χ1v) is 12.1. The molecule has 0 aliphatic carbocycles. The van der Waals surface area contributed by atoms with Crippen molar-refractivity contribution < 1.29 is 22.6 Å². The van der Waals surface area contributed by atoms with Crippen LogP contribution in [0.15, 0.2) is 47.4 Å². The van der Waals surface area contributed by atoms with Gasteiger partial charge in [0.2, 0.25) is 15.8 Å². The molecular formula is C20H23IN2O5S. The van der Waals surface area contributed by atoms with E-state index in [1.54, 1.807) is 24.3 Å². The van der Waals surface area contributed by atoms with Gasteiger partial charge in [0.15, 0.2) is 11.5 Å². The molecular weight excluding hydrogens is 507 g/mol. The van der Waals surface area contributed by atoms with Gasteiger partial charge in [-0.1, -0.05) is 6.07 Å². The lowest BCUT2D eigenvalue weighted by Crippen LogP contribution is -2.52. The molecule has 2 aromatic rings. The van der Waals surface area contributed by atoms with E-state index in [2.05, 4.69) is 32.2 Å². The van der Waals surface area contributed by atoms with E-state index in [-0.39, 0.29) is 0 Å². The Morgan fingerprint density at radius 1 is 1.10 bits per heavy atom. The number of sulfonamides is 1. The highest BCUT2D eigenvalue weighted by Gasteiger charge is 2.28. The van der Waals surface area contributed by atoms with Gasteiger partial charge >= 0.3 is 0 Å². The molecule has 2 aliphatic heterocycles. The summed E-state index contributed by atoms with van der Waals surface area (Å²) in [5, 5.41) is 0. The van der Waals surface area contributed by atoms with E-state index in [1.807, 2.05) is 18.2 Å². The number of para-hydroxylation sites is 1. The maximum absolute atomic E-state index is 12.3. The molecule has 7 nitrogen and oxygen atoms in total. The fraction of sp³-hybridized carbons (Fsp3) is 0.400. The number of fused-ring (bicyclic) bond motifs is 1. The lowest BCUT2D eigenvalue weighted by Gasteiger charge is -2.39. The molecule has 29 heavy (non-hydrogen) atoms. The highest BCUT2D eigenvalue weighted by atomic mass is 127. The fourth-order valence-electron chi connectivity index (χ4n) is 3.36. The van der Waals surface area contributed by atoms with Crippen LogP contribution < -0.4 is 18.9 Å². The predicted molar refractivity (Wildman–Crippen MR) is 117 cm³/mol. The molecule has 9 heteroatoms. The number of rotatable bonds is 8. The number of hydrogen-bond acceptors (Lipinski definition) is 6. The normalized spacial score (nSPS) is 17.0. The zero-order valence-electron chi connectivity index (χ0n) is 15.8. The Hall–Kier alpha value is -1.56. The third kappa shape index (κ3) is 5.14. The molecule has 0 aromatic heterocycles. The standard InChI is InChI=1S/C20H23IN2O5S/c21-16-4-6-17(7-5-16)29(24,25)22-12-15-13-23(14-15)8-9-26-18-2-1-3-19-20(18)28-11-10-27-19/h1-7,15,22H,8-14H2. The van der Waals surface area contributed by atoms with E-state index in [4.69, 9.17) is 14.2 Å². The SMILES string of the molecule is O=S(=O)(NCC1CN(CCOc2cccc3c2OCCO3)C1)c1ccc(I)cc1. The minimum absolute atomic E-state index is 0.305. The minimum atomic E-state index is -3.45. The summed E-state index contributed by atoms with van der Waals surface area (Å²) in [4.78, 5) is 2.55. The van der Waals surface area contributed by atoms with Crippen molar-refractivity contribution in [3.63, 3.8) is 0 Å². The molecule has 0 radical (unpaired) electrons. The lowest BCUT2D eigenvalue weighted by molar-refractivity contribution is 0.0835. The molecule has 156 valence electrons. The van der Waals surface area contributed by atoms with Gasteiger partial charge in [0.1, 0.15) is 19.8 Å². The van der Waals surface area contributed by atoms with Gasteiger partial charge in [-0.3, -0.25) is 4.90 Å². The molecule has 2 aromatic carbocycles. The van der Waals surface area contributed by atoms with Crippen molar-refractivity contribution >= 4 is 32.6 Å². The van der Waals surface area contributed by atoms with Crippen LogP contribution in [-0.4, -0.2) is 59.3 Å². The van der Waals surface area contributed by atoms with Gasteiger partial charge in [-0.25, -0.2) is 13.1 Å². The average Bonchev–Trinajstić information content (AvgIpc) is 2.69. The van der Waals surface area contributed by atoms with Crippen molar-refractivity contribution in [3.8, 4) is 17.2 Å². The highest BCUT2D eigenvalue weighted by molar-refractivity contribution is 14.1. The zero-order valence-corrected chi connectivity index (χ0v) is 18.8. The summed E-state index contributed by atoms with van der Waals surface area (Å²) in [6, 6.07) is 12.5. The Bertz CT molecular complexity index is 946. The molecule has 2 heterocycles. The van der Waals surface area contributed by atoms with Gasteiger partial charge < -0.3 is 14.2 Å². The Kier molecular flexibility index (Phi) is 6.47. The van der Waals surface area contributed by atoms with E-state index in [0.29, 0.717) is 48.7 Å². The summed E-state index contributed by atoms with van der Waals surface area (Å²) in [7, 11) is -3.45. The minimum Gasteiger partial charge on any atom is -0.488 e. The van der Waals surface area contributed by atoms with Gasteiger partial charge in [-0.2, -0.15) is 0 Å². The van der Waals surface area contributed by atoms with Gasteiger partial charge in [0.25, 0.3) is 0 Å². The molecule has 0 saturated carbocycles. The molecule has 2 aliphatic rings. The van der Waals surface area contributed by atoms with E-state index < -0.39 is 10.0 Å². The van der Waals surface area contributed by atoms with Crippen LogP contribution in [0.5, 0.6) is 17.2 Å².